The number of para-hydroxylation sites is 1. The molecular formula is C14H19ClN2O3. The average molecular weight is 299 g/mol. The molecule has 2 atom stereocenters. The highest BCUT2D eigenvalue weighted by molar-refractivity contribution is 6.32. The normalized spacial score (nSPS) is 21.6. The number of aliphatic hydroxyl groups is 1. The molecule has 110 valence electrons. The molecule has 0 bridgehead atoms. The lowest BCUT2D eigenvalue weighted by molar-refractivity contribution is 0.133. The summed E-state index contributed by atoms with van der Waals surface area (Å²) in [7, 11) is 1.50. The molecule has 0 radical (unpaired) electrons. The molecule has 0 heterocycles. The number of amides is 2. The summed E-state index contributed by atoms with van der Waals surface area (Å²) in [6, 6.07) is 4.82. The van der Waals surface area contributed by atoms with Crippen molar-refractivity contribution in [3.63, 3.8) is 0 Å². The van der Waals surface area contributed by atoms with Crippen LogP contribution in [0.2, 0.25) is 5.02 Å². The van der Waals surface area contributed by atoms with Gasteiger partial charge in [-0.1, -0.05) is 24.1 Å². The van der Waals surface area contributed by atoms with Crippen LogP contribution >= 0.6 is 11.6 Å². The molecule has 0 spiro atoms. The monoisotopic (exact) mass is 298 g/mol. The average Bonchev–Trinajstić information content (AvgIpc) is 2.82. The molecule has 5 nitrogen and oxygen atoms in total. The fourth-order valence-corrected chi connectivity index (χ4v) is 2.71. The zero-order valence-corrected chi connectivity index (χ0v) is 12.1. The Hall–Kier alpha value is -1.46. The Morgan fingerprint density at radius 1 is 1.50 bits per heavy atom. The minimum Gasteiger partial charge on any atom is -0.493 e. The van der Waals surface area contributed by atoms with Gasteiger partial charge in [0.1, 0.15) is 0 Å². The molecule has 20 heavy (non-hydrogen) atoms. The Labute approximate surface area is 123 Å². The molecule has 0 aromatic heterocycles. The maximum atomic E-state index is 11.9. The molecule has 0 aliphatic heterocycles. The summed E-state index contributed by atoms with van der Waals surface area (Å²) in [5, 5.41) is 15.6. The first-order valence-electron chi connectivity index (χ1n) is 6.67. The van der Waals surface area contributed by atoms with Crippen molar-refractivity contribution in [3.05, 3.63) is 23.2 Å². The molecule has 6 heteroatoms. The molecule has 2 rings (SSSR count). The van der Waals surface area contributed by atoms with Gasteiger partial charge in [0.15, 0.2) is 5.75 Å². The summed E-state index contributed by atoms with van der Waals surface area (Å²) in [6.07, 6.45) is 2.46. The van der Waals surface area contributed by atoms with Crippen molar-refractivity contribution in [1.82, 2.24) is 5.32 Å². The SMILES string of the molecule is COc1c(Cl)cccc1NC(=O)NC[C@H]1CCC[C@H]1O. The summed E-state index contributed by atoms with van der Waals surface area (Å²) in [4.78, 5) is 11.9. The number of hydrogen-bond acceptors (Lipinski definition) is 3. The van der Waals surface area contributed by atoms with Crippen LogP contribution in [0, 0.1) is 5.92 Å². The van der Waals surface area contributed by atoms with Gasteiger partial charge in [-0.2, -0.15) is 0 Å². The van der Waals surface area contributed by atoms with E-state index in [2.05, 4.69) is 10.6 Å². The third kappa shape index (κ3) is 3.55. The van der Waals surface area contributed by atoms with Crippen molar-refractivity contribution in [2.45, 2.75) is 25.4 Å². The van der Waals surface area contributed by atoms with Gasteiger partial charge in [0, 0.05) is 12.5 Å². The number of carbonyl (C=O) groups excluding carboxylic acids is 1. The van der Waals surface area contributed by atoms with Crippen molar-refractivity contribution < 1.29 is 14.6 Å². The molecular weight excluding hydrogens is 280 g/mol. The first-order valence-corrected chi connectivity index (χ1v) is 7.05. The number of aliphatic hydroxyl groups excluding tert-OH is 1. The van der Waals surface area contributed by atoms with Gasteiger partial charge >= 0.3 is 6.03 Å². The van der Waals surface area contributed by atoms with Crippen LogP contribution in [0.3, 0.4) is 0 Å². The fourth-order valence-electron chi connectivity index (χ4n) is 2.46. The molecule has 1 fully saturated rings. The molecule has 1 aromatic rings. The van der Waals surface area contributed by atoms with E-state index in [1.165, 1.54) is 7.11 Å². The van der Waals surface area contributed by atoms with E-state index in [0.717, 1.165) is 19.3 Å². The summed E-state index contributed by atoms with van der Waals surface area (Å²) in [6.45, 7) is 0.468. The van der Waals surface area contributed by atoms with E-state index in [4.69, 9.17) is 16.3 Å². The predicted octanol–water partition coefficient (Wildman–Crippen LogP) is 2.63. The van der Waals surface area contributed by atoms with E-state index < -0.39 is 0 Å². The maximum Gasteiger partial charge on any atom is 0.319 e. The van der Waals surface area contributed by atoms with Gasteiger partial charge < -0.3 is 20.5 Å². The minimum absolute atomic E-state index is 0.141. The van der Waals surface area contributed by atoms with Crippen LogP contribution in [0.5, 0.6) is 5.75 Å². The van der Waals surface area contributed by atoms with E-state index in [1.807, 2.05) is 0 Å². The summed E-state index contributed by atoms with van der Waals surface area (Å²) in [5.74, 6) is 0.576. The maximum absolute atomic E-state index is 11.9. The number of hydrogen-bond donors (Lipinski definition) is 3. The smallest absolute Gasteiger partial charge is 0.319 e. The first-order chi connectivity index (χ1) is 9.61. The highest BCUT2D eigenvalue weighted by Crippen LogP contribution is 2.32. The van der Waals surface area contributed by atoms with Crippen LogP contribution in [-0.4, -0.2) is 30.9 Å². The minimum atomic E-state index is -0.329. The number of nitrogens with one attached hydrogen (secondary N) is 2. The predicted molar refractivity (Wildman–Crippen MR) is 78.4 cm³/mol. The highest BCUT2D eigenvalue weighted by Gasteiger charge is 2.25. The van der Waals surface area contributed by atoms with Crippen molar-refractivity contribution in [2.75, 3.05) is 19.0 Å². The Kier molecular flexibility index (Phi) is 5.09. The van der Waals surface area contributed by atoms with Crippen LogP contribution in [0.25, 0.3) is 0 Å². The number of ether oxygens (including phenoxy) is 1. The van der Waals surface area contributed by atoms with Gasteiger partial charge in [-0.3, -0.25) is 0 Å². The summed E-state index contributed by atoms with van der Waals surface area (Å²) >= 11 is 5.98. The molecule has 0 unspecified atom stereocenters. The van der Waals surface area contributed by atoms with Gasteiger partial charge in [0.2, 0.25) is 0 Å². The topological polar surface area (TPSA) is 70.6 Å². The van der Waals surface area contributed by atoms with Gasteiger partial charge in [-0.05, 0) is 25.0 Å². The Balaban J connectivity index is 1.90. The number of methoxy groups -OCH3 is 1. The van der Waals surface area contributed by atoms with E-state index in [9.17, 15) is 9.90 Å². The Morgan fingerprint density at radius 3 is 2.95 bits per heavy atom. The number of carbonyl (C=O) groups is 1. The van der Waals surface area contributed by atoms with Crippen LogP contribution < -0.4 is 15.4 Å². The Morgan fingerprint density at radius 2 is 2.30 bits per heavy atom. The molecule has 1 aliphatic rings. The lowest BCUT2D eigenvalue weighted by Gasteiger charge is -2.16. The van der Waals surface area contributed by atoms with Crippen LogP contribution in [0.15, 0.2) is 18.2 Å². The largest absolute Gasteiger partial charge is 0.493 e. The summed E-state index contributed by atoms with van der Waals surface area (Å²) in [5.41, 5.74) is 0.518. The van der Waals surface area contributed by atoms with Crippen molar-refractivity contribution >= 4 is 23.3 Å². The van der Waals surface area contributed by atoms with Crippen LogP contribution in [-0.2, 0) is 0 Å². The molecule has 3 N–H and O–H groups in total. The van der Waals surface area contributed by atoms with Crippen molar-refractivity contribution in [1.29, 1.82) is 0 Å². The standard InChI is InChI=1S/C14H19ClN2O3/c1-20-13-10(15)5-3-6-11(13)17-14(19)16-8-9-4-2-7-12(9)18/h3,5-6,9,12,18H,2,4,7-8H2,1H3,(H2,16,17,19)/t9-,12-/m1/s1. The van der Waals surface area contributed by atoms with Crippen molar-refractivity contribution in [2.24, 2.45) is 5.92 Å². The van der Waals surface area contributed by atoms with E-state index in [1.54, 1.807) is 18.2 Å². The third-order valence-corrected chi connectivity index (χ3v) is 3.86. The van der Waals surface area contributed by atoms with Gasteiger partial charge in [-0.25, -0.2) is 4.79 Å². The zero-order valence-electron chi connectivity index (χ0n) is 11.4. The molecule has 1 aromatic carbocycles. The second-order valence-electron chi connectivity index (χ2n) is 4.91. The first kappa shape index (κ1) is 14.9. The van der Waals surface area contributed by atoms with Crippen LogP contribution in [0.4, 0.5) is 10.5 Å². The molecule has 2 amide bonds. The van der Waals surface area contributed by atoms with Gasteiger partial charge in [0.25, 0.3) is 0 Å². The second kappa shape index (κ2) is 6.81. The van der Waals surface area contributed by atoms with Gasteiger partial charge in [0.05, 0.1) is 23.9 Å². The van der Waals surface area contributed by atoms with Gasteiger partial charge in [-0.15, -0.1) is 0 Å². The van der Waals surface area contributed by atoms with Crippen molar-refractivity contribution in [3.8, 4) is 5.75 Å². The lowest BCUT2D eigenvalue weighted by atomic mass is 10.1. The summed E-state index contributed by atoms with van der Waals surface area (Å²) < 4.78 is 5.16. The number of urea groups is 1. The zero-order chi connectivity index (χ0) is 14.5. The highest BCUT2D eigenvalue weighted by atomic mass is 35.5. The molecule has 0 saturated heterocycles. The second-order valence-corrected chi connectivity index (χ2v) is 5.32. The molecule has 1 aliphatic carbocycles. The van der Waals surface area contributed by atoms with E-state index in [-0.39, 0.29) is 18.1 Å². The number of benzene rings is 1. The fraction of sp³-hybridized carbons (Fsp3) is 0.500. The van der Waals surface area contributed by atoms with Crippen LogP contribution in [0.1, 0.15) is 19.3 Å². The van der Waals surface area contributed by atoms with E-state index >= 15 is 0 Å². The quantitative estimate of drug-likeness (QED) is 0.800. The van der Waals surface area contributed by atoms with E-state index in [0.29, 0.717) is 23.0 Å². The molecule has 1 saturated carbocycles. The Bertz CT molecular complexity index is 481. The number of rotatable bonds is 4. The number of anilines is 1. The lowest BCUT2D eigenvalue weighted by Crippen LogP contribution is -2.35. The third-order valence-electron chi connectivity index (χ3n) is 3.56. The number of halogens is 1.